The van der Waals surface area contributed by atoms with Gasteiger partial charge in [0.2, 0.25) is 5.91 Å². The Morgan fingerprint density at radius 2 is 1.52 bits per heavy atom. The van der Waals surface area contributed by atoms with Gasteiger partial charge in [0, 0.05) is 13.0 Å². The van der Waals surface area contributed by atoms with Crippen molar-refractivity contribution in [2.75, 3.05) is 13.2 Å². The van der Waals surface area contributed by atoms with Crippen LogP contribution < -0.4 is 11.1 Å². The van der Waals surface area contributed by atoms with Crippen LogP contribution in [0, 0.1) is 5.41 Å². The maximum absolute atomic E-state index is 11.9. The molecular formula is C19H38N2O4. The van der Waals surface area contributed by atoms with Crippen LogP contribution in [0.1, 0.15) is 80.6 Å². The van der Waals surface area contributed by atoms with E-state index in [1.54, 1.807) is 13.8 Å². The molecule has 0 radical (unpaired) electrons. The van der Waals surface area contributed by atoms with Gasteiger partial charge in [0.1, 0.15) is 11.2 Å². The van der Waals surface area contributed by atoms with Gasteiger partial charge in [0.15, 0.2) is 0 Å². The number of nitrogens with two attached hydrogens (primary N) is 1. The third kappa shape index (κ3) is 12.7. The molecule has 2 amide bonds. The van der Waals surface area contributed by atoms with E-state index in [2.05, 4.69) is 26.1 Å². The number of alkyl carbamates (subject to hydrolysis) is 1. The van der Waals surface area contributed by atoms with Gasteiger partial charge in [0.25, 0.3) is 0 Å². The third-order valence-electron chi connectivity index (χ3n) is 4.00. The second-order valence-corrected chi connectivity index (χ2v) is 8.92. The minimum absolute atomic E-state index is 0.281. The molecular weight excluding hydrogens is 320 g/mol. The second-order valence-electron chi connectivity index (χ2n) is 8.92. The molecule has 0 atom stereocenters. The monoisotopic (exact) mass is 358 g/mol. The van der Waals surface area contributed by atoms with Crippen LogP contribution >= 0.6 is 0 Å². The average Bonchev–Trinajstić information content (AvgIpc) is 2.40. The number of amides is 2. The summed E-state index contributed by atoms with van der Waals surface area (Å²) in [5.74, 6) is -0.518. The van der Waals surface area contributed by atoms with Crippen LogP contribution in [0.5, 0.6) is 0 Å². The van der Waals surface area contributed by atoms with E-state index in [1.807, 2.05) is 13.8 Å². The Hall–Kier alpha value is -1.30. The van der Waals surface area contributed by atoms with Crippen LogP contribution in [-0.4, -0.2) is 36.4 Å². The minimum atomic E-state index is -1.02. The first kappa shape index (κ1) is 23.7. The predicted molar refractivity (Wildman–Crippen MR) is 100 cm³/mol. The summed E-state index contributed by atoms with van der Waals surface area (Å²) in [7, 11) is 0. The fraction of sp³-hybridized carbons (Fsp3) is 0.895. The number of hydrogen-bond donors (Lipinski definition) is 2. The Labute approximate surface area is 153 Å². The number of carbonyl (C=O) groups excluding carboxylic acids is 2. The van der Waals surface area contributed by atoms with E-state index in [9.17, 15) is 9.59 Å². The van der Waals surface area contributed by atoms with E-state index in [0.29, 0.717) is 18.4 Å². The largest absolute Gasteiger partial charge is 0.443 e. The van der Waals surface area contributed by atoms with Gasteiger partial charge in [-0.2, -0.15) is 0 Å². The number of ether oxygens (including phenoxy) is 2. The molecule has 0 fully saturated rings. The summed E-state index contributed by atoms with van der Waals surface area (Å²) in [5.41, 5.74) is 3.92. The van der Waals surface area contributed by atoms with Crippen LogP contribution in [0.2, 0.25) is 0 Å². The van der Waals surface area contributed by atoms with E-state index >= 15 is 0 Å². The van der Waals surface area contributed by atoms with Gasteiger partial charge < -0.3 is 20.5 Å². The molecule has 6 heteroatoms. The smallest absolute Gasteiger partial charge is 0.407 e. The molecule has 25 heavy (non-hydrogen) atoms. The third-order valence-corrected chi connectivity index (χ3v) is 4.00. The molecule has 0 aromatic carbocycles. The van der Waals surface area contributed by atoms with Crippen molar-refractivity contribution in [3.05, 3.63) is 0 Å². The summed E-state index contributed by atoms with van der Waals surface area (Å²) >= 11 is 0. The fourth-order valence-corrected chi connectivity index (χ4v) is 2.11. The first-order chi connectivity index (χ1) is 11.3. The van der Waals surface area contributed by atoms with Crippen molar-refractivity contribution in [1.29, 1.82) is 0 Å². The molecule has 0 saturated carbocycles. The van der Waals surface area contributed by atoms with E-state index in [0.717, 1.165) is 12.8 Å². The van der Waals surface area contributed by atoms with Crippen molar-refractivity contribution in [2.45, 2.75) is 91.8 Å². The minimum Gasteiger partial charge on any atom is -0.443 e. The number of hydrogen-bond acceptors (Lipinski definition) is 4. The summed E-state index contributed by atoms with van der Waals surface area (Å²) in [5, 5.41) is 2.79. The Kier molecular flexibility index (Phi) is 9.48. The lowest BCUT2D eigenvalue weighted by molar-refractivity contribution is -0.141. The molecule has 0 saturated heterocycles. The summed E-state index contributed by atoms with van der Waals surface area (Å²) in [4.78, 5) is 23.1. The maximum atomic E-state index is 11.9. The highest BCUT2D eigenvalue weighted by molar-refractivity contribution is 5.82. The molecule has 3 N–H and O–H groups in total. The van der Waals surface area contributed by atoms with E-state index < -0.39 is 23.2 Å². The molecule has 0 spiro atoms. The normalized spacial score (nSPS) is 12.8. The van der Waals surface area contributed by atoms with E-state index in [4.69, 9.17) is 15.2 Å². The zero-order valence-electron chi connectivity index (χ0n) is 17.2. The molecule has 0 bridgehead atoms. The molecule has 0 aromatic rings. The van der Waals surface area contributed by atoms with Crippen molar-refractivity contribution in [1.82, 2.24) is 5.32 Å². The Morgan fingerprint density at radius 1 is 0.920 bits per heavy atom. The molecule has 0 aliphatic rings. The van der Waals surface area contributed by atoms with Crippen molar-refractivity contribution in [3.63, 3.8) is 0 Å². The van der Waals surface area contributed by atoms with Gasteiger partial charge >= 0.3 is 6.09 Å². The molecule has 0 aromatic heterocycles. The van der Waals surface area contributed by atoms with Crippen LogP contribution in [-0.2, 0) is 14.3 Å². The molecule has 0 aliphatic carbocycles. The zero-order valence-corrected chi connectivity index (χ0v) is 17.2. The molecule has 6 nitrogen and oxygen atoms in total. The summed E-state index contributed by atoms with van der Waals surface area (Å²) in [6.45, 7) is 14.5. The van der Waals surface area contributed by atoms with E-state index in [-0.39, 0.29) is 6.61 Å². The number of rotatable bonds is 11. The molecule has 0 rings (SSSR count). The lowest BCUT2D eigenvalue weighted by atomic mass is 9.89. The van der Waals surface area contributed by atoms with Crippen LogP contribution in [0.15, 0.2) is 0 Å². The predicted octanol–water partition coefficient (Wildman–Crippen LogP) is 3.77. The highest BCUT2D eigenvalue weighted by atomic mass is 16.6. The Balaban J connectivity index is 3.94. The quantitative estimate of drug-likeness (QED) is 0.550. The summed E-state index contributed by atoms with van der Waals surface area (Å²) in [6, 6.07) is 0. The molecule has 0 heterocycles. The Morgan fingerprint density at radius 3 is 2.04 bits per heavy atom. The lowest BCUT2D eigenvalue weighted by Crippen LogP contribution is -2.42. The highest BCUT2D eigenvalue weighted by Crippen LogP contribution is 2.22. The molecule has 0 unspecified atom stereocenters. The fourth-order valence-electron chi connectivity index (χ4n) is 2.11. The standard InChI is InChI=1S/C19H38N2O4/c1-17(2,3)11-9-8-10-13-21-16(23)25-18(4,5)12-14-24-19(6,7)15(20)22/h8-14H2,1-7H3,(H2,20,22)(H,21,23). The average molecular weight is 359 g/mol. The van der Waals surface area contributed by atoms with Gasteiger partial charge in [-0.25, -0.2) is 4.79 Å². The highest BCUT2D eigenvalue weighted by Gasteiger charge is 2.28. The Bertz CT molecular complexity index is 426. The summed E-state index contributed by atoms with van der Waals surface area (Å²) in [6.07, 6.45) is 4.45. The van der Waals surface area contributed by atoms with Gasteiger partial charge in [-0.3, -0.25) is 4.79 Å². The number of primary amides is 1. The zero-order chi connectivity index (χ0) is 19.7. The second kappa shape index (κ2) is 10.00. The topological polar surface area (TPSA) is 90.7 Å². The van der Waals surface area contributed by atoms with Crippen molar-refractivity contribution in [3.8, 4) is 0 Å². The lowest BCUT2D eigenvalue weighted by Gasteiger charge is -2.28. The molecule has 148 valence electrons. The number of unbranched alkanes of at least 4 members (excludes halogenated alkanes) is 2. The SMILES string of the molecule is CC(C)(C)CCCCCNC(=O)OC(C)(C)CCOC(C)(C)C(N)=O. The van der Waals surface area contributed by atoms with E-state index in [1.165, 1.54) is 12.8 Å². The molecule has 0 aliphatic heterocycles. The van der Waals surface area contributed by atoms with Crippen molar-refractivity contribution >= 4 is 12.0 Å². The maximum Gasteiger partial charge on any atom is 0.407 e. The van der Waals surface area contributed by atoms with Crippen LogP contribution in [0.25, 0.3) is 0 Å². The van der Waals surface area contributed by atoms with Crippen LogP contribution in [0.3, 0.4) is 0 Å². The van der Waals surface area contributed by atoms with Gasteiger partial charge in [-0.1, -0.05) is 33.6 Å². The van der Waals surface area contributed by atoms with Gasteiger partial charge in [0.05, 0.1) is 6.61 Å². The van der Waals surface area contributed by atoms with Crippen LogP contribution in [0.4, 0.5) is 4.79 Å². The van der Waals surface area contributed by atoms with Gasteiger partial charge in [-0.15, -0.1) is 0 Å². The number of nitrogens with one attached hydrogen (secondary N) is 1. The van der Waals surface area contributed by atoms with Crippen molar-refractivity contribution in [2.24, 2.45) is 11.1 Å². The van der Waals surface area contributed by atoms with Crippen molar-refractivity contribution < 1.29 is 19.1 Å². The summed E-state index contributed by atoms with van der Waals surface area (Å²) < 4.78 is 10.9. The first-order valence-electron chi connectivity index (χ1n) is 9.16. The first-order valence-corrected chi connectivity index (χ1v) is 9.16. The number of carbonyl (C=O) groups is 2. The van der Waals surface area contributed by atoms with Gasteiger partial charge in [-0.05, 0) is 46.0 Å².